The van der Waals surface area contributed by atoms with Crippen molar-refractivity contribution in [1.82, 2.24) is 14.6 Å². The fraction of sp³-hybridized carbons (Fsp3) is 0.333. The van der Waals surface area contributed by atoms with Gasteiger partial charge in [0.05, 0.1) is 5.52 Å². The van der Waals surface area contributed by atoms with Gasteiger partial charge in [-0.3, -0.25) is 9.20 Å². The predicted molar refractivity (Wildman–Crippen MR) is 64.4 cm³/mol. The number of nitrogens with one attached hydrogen (secondary N) is 1. The Morgan fingerprint density at radius 2 is 2.24 bits per heavy atom. The Bertz CT molecular complexity index is 776. The van der Waals surface area contributed by atoms with Gasteiger partial charge in [-0.25, -0.2) is 5.10 Å². The first-order valence-corrected chi connectivity index (χ1v) is 5.62. The maximum atomic E-state index is 11.7. The van der Waals surface area contributed by atoms with Gasteiger partial charge in [-0.1, -0.05) is 6.92 Å². The molecule has 0 aliphatic rings. The Balaban J connectivity index is 2.65. The van der Waals surface area contributed by atoms with Crippen molar-refractivity contribution in [2.24, 2.45) is 0 Å². The summed E-state index contributed by atoms with van der Waals surface area (Å²) in [5.41, 5.74) is 3.16. The fourth-order valence-electron chi connectivity index (χ4n) is 2.22. The maximum Gasteiger partial charge on any atom is 0.288 e. The summed E-state index contributed by atoms with van der Waals surface area (Å²) in [4.78, 5) is 11.7. The molecule has 0 fully saturated rings. The summed E-state index contributed by atoms with van der Waals surface area (Å²) in [6, 6.07) is 1.77. The number of nitrogens with zero attached hydrogens (tertiary/aromatic N) is 2. The lowest BCUT2D eigenvalue weighted by atomic mass is 10.2. The molecule has 0 amide bonds. The second-order valence-corrected chi connectivity index (χ2v) is 4.18. The Morgan fingerprint density at radius 3 is 2.94 bits per heavy atom. The molecular weight excluding hydrogens is 218 g/mol. The molecule has 5 heteroatoms. The van der Waals surface area contributed by atoms with Crippen LogP contribution in [0.2, 0.25) is 0 Å². The Kier molecular flexibility index (Phi) is 1.92. The van der Waals surface area contributed by atoms with Crippen molar-refractivity contribution in [3.63, 3.8) is 0 Å². The van der Waals surface area contributed by atoms with Crippen LogP contribution in [-0.4, -0.2) is 14.6 Å². The van der Waals surface area contributed by atoms with Crippen LogP contribution in [0.3, 0.4) is 0 Å². The van der Waals surface area contributed by atoms with E-state index in [0.717, 1.165) is 34.7 Å². The number of hydrogen-bond acceptors (Lipinski definition) is 3. The highest BCUT2D eigenvalue weighted by molar-refractivity contribution is 5.86. The summed E-state index contributed by atoms with van der Waals surface area (Å²) in [6.45, 7) is 5.93. The first kappa shape index (κ1) is 10.1. The minimum absolute atomic E-state index is 0.189. The second kappa shape index (κ2) is 3.23. The number of aromatic amines is 1. The van der Waals surface area contributed by atoms with E-state index in [9.17, 15) is 4.79 Å². The molecule has 0 saturated carbocycles. The summed E-state index contributed by atoms with van der Waals surface area (Å²) in [5.74, 6) is 1.71. The van der Waals surface area contributed by atoms with Crippen LogP contribution in [0.15, 0.2) is 15.3 Å². The van der Waals surface area contributed by atoms with Crippen LogP contribution >= 0.6 is 0 Å². The van der Waals surface area contributed by atoms with Crippen molar-refractivity contribution >= 4 is 16.6 Å². The molecule has 3 heterocycles. The van der Waals surface area contributed by atoms with E-state index in [1.807, 2.05) is 25.2 Å². The Hall–Kier alpha value is -2.04. The smallest absolute Gasteiger partial charge is 0.288 e. The van der Waals surface area contributed by atoms with E-state index in [1.165, 1.54) is 0 Å². The molecule has 88 valence electrons. The van der Waals surface area contributed by atoms with Crippen molar-refractivity contribution in [3.8, 4) is 0 Å². The standard InChI is InChI=1S/C12H13N3O2/c1-4-10-13-14-12(16)8-5-9-11(15(8)10)6(2)7(3)17-9/h5H,4H2,1-3H3,(H,14,16). The molecule has 0 aromatic carbocycles. The third kappa shape index (κ3) is 1.19. The van der Waals surface area contributed by atoms with Crippen LogP contribution in [0.25, 0.3) is 16.6 Å². The van der Waals surface area contributed by atoms with Gasteiger partial charge < -0.3 is 4.42 Å². The molecule has 1 N–H and O–H groups in total. The van der Waals surface area contributed by atoms with Gasteiger partial charge in [0.2, 0.25) is 0 Å². The average molecular weight is 231 g/mol. The zero-order chi connectivity index (χ0) is 12.2. The molecule has 3 rings (SSSR count). The molecular formula is C12H13N3O2. The van der Waals surface area contributed by atoms with Gasteiger partial charge in [-0.15, -0.1) is 0 Å². The summed E-state index contributed by atoms with van der Waals surface area (Å²) in [7, 11) is 0. The highest BCUT2D eigenvalue weighted by atomic mass is 16.3. The molecule has 5 nitrogen and oxygen atoms in total. The average Bonchev–Trinajstić information content (AvgIpc) is 2.80. The lowest BCUT2D eigenvalue weighted by Gasteiger charge is -2.02. The van der Waals surface area contributed by atoms with Crippen LogP contribution in [0.1, 0.15) is 24.1 Å². The molecule has 0 radical (unpaired) electrons. The molecule has 0 spiro atoms. The van der Waals surface area contributed by atoms with Crippen LogP contribution in [0.5, 0.6) is 0 Å². The van der Waals surface area contributed by atoms with Gasteiger partial charge in [-0.05, 0) is 13.8 Å². The minimum atomic E-state index is -0.189. The quantitative estimate of drug-likeness (QED) is 0.696. The monoisotopic (exact) mass is 231 g/mol. The molecule has 0 bridgehead atoms. The first-order chi connectivity index (χ1) is 8.13. The molecule has 0 saturated heterocycles. The number of fused-ring (bicyclic) bond motifs is 3. The number of aryl methyl sites for hydroxylation is 3. The van der Waals surface area contributed by atoms with E-state index < -0.39 is 0 Å². The van der Waals surface area contributed by atoms with Gasteiger partial charge >= 0.3 is 0 Å². The minimum Gasteiger partial charge on any atom is -0.459 e. The highest BCUT2D eigenvalue weighted by Gasteiger charge is 2.16. The number of hydrogen-bond donors (Lipinski definition) is 1. The molecule has 0 aliphatic heterocycles. The van der Waals surface area contributed by atoms with Crippen molar-refractivity contribution in [2.75, 3.05) is 0 Å². The van der Waals surface area contributed by atoms with Crippen molar-refractivity contribution in [3.05, 3.63) is 33.6 Å². The summed E-state index contributed by atoms with van der Waals surface area (Å²) < 4.78 is 7.53. The second-order valence-electron chi connectivity index (χ2n) is 4.18. The van der Waals surface area contributed by atoms with E-state index in [0.29, 0.717) is 5.52 Å². The number of aromatic nitrogens is 3. The molecule has 0 atom stereocenters. The summed E-state index contributed by atoms with van der Waals surface area (Å²) in [6.07, 6.45) is 0.751. The van der Waals surface area contributed by atoms with Crippen molar-refractivity contribution < 1.29 is 4.42 Å². The largest absolute Gasteiger partial charge is 0.459 e. The zero-order valence-electron chi connectivity index (χ0n) is 10.00. The number of rotatable bonds is 1. The van der Waals surface area contributed by atoms with Crippen LogP contribution in [0.4, 0.5) is 0 Å². The topological polar surface area (TPSA) is 63.3 Å². The van der Waals surface area contributed by atoms with Crippen molar-refractivity contribution in [1.29, 1.82) is 0 Å². The lowest BCUT2D eigenvalue weighted by Crippen LogP contribution is -2.15. The van der Waals surface area contributed by atoms with Gasteiger partial charge in [0.15, 0.2) is 5.58 Å². The number of furan rings is 1. The molecule has 0 aliphatic carbocycles. The molecule has 3 aromatic heterocycles. The van der Waals surface area contributed by atoms with Gasteiger partial charge in [0.1, 0.15) is 17.1 Å². The third-order valence-electron chi connectivity index (χ3n) is 3.21. The maximum absolute atomic E-state index is 11.7. The molecule has 0 unspecified atom stereocenters. The van der Waals surface area contributed by atoms with Gasteiger partial charge in [0, 0.05) is 18.1 Å². The van der Waals surface area contributed by atoms with Crippen LogP contribution < -0.4 is 5.56 Å². The van der Waals surface area contributed by atoms with E-state index in [1.54, 1.807) is 6.07 Å². The van der Waals surface area contributed by atoms with Crippen molar-refractivity contribution in [2.45, 2.75) is 27.2 Å². The summed E-state index contributed by atoms with van der Waals surface area (Å²) >= 11 is 0. The fourth-order valence-corrected chi connectivity index (χ4v) is 2.22. The third-order valence-corrected chi connectivity index (χ3v) is 3.21. The lowest BCUT2D eigenvalue weighted by molar-refractivity contribution is 0.575. The highest BCUT2D eigenvalue weighted by Crippen LogP contribution is 2.27. The Morgan fingerprint density at radius 1 is 1.47 bits per heavy atom. The van der Waals surface area contributed by atoms with E-state index in [-0.39, 0.29) is 5.56 Å². The SMILES string of the molecule is CCc1n[nH]c(=O)c2cc3oc(C)c(C)c3n12. The predicted octanol–water partition coefficient (Wildman–Crippen LogP) is 1.95. The number of H-pyrrole nitrogens is 1. The van der Waals surface area contributed by atoms with E-state index >= 15 is 0 Å². The van der Waals surface area contributed by atoms with E-state index in [4.69, 9.17) is 4.42 Å². The van der Waals surface area contributed by atoms with E-state index in [2.05, 4.69) is 10.2 Å². The molecule has 3 aromatic rings. The normalized spacial score (nSPS) is 11.7. The molecule has 17 heavy (non-hydrogen) atoms. The van der Waals surface area contributed by atoms with Crippen LogP contribution in [-0.2, 0) is 6.42 Å². The van der Waals surface area contributed by atoms with Gasteiger partial charge in [-0.2, -0.15) is 5.10 Å². The van der Waals surface area contributed by atoms with Gasteiger partial charge in [0.25, 0.3) is 5.56 Å². The first-order valence-electron chi connectivity index (χ1n) is 5.62. The van der Waals surface area contributed by atoms with Crippen LogP contribution in [0, 0.1) is 13.8 Å². The Labute approximate surface area is 97.1 Å². The zero-order valence-corrected chi connectivity index (χ0v) is 10.00. The summed E-state index contributed by atoms with van der Waals surface area (Å²) in [5, 5.41) is 6.59.